The van der Waals surface area contributed by atoms with Gasteiger partial charge in [-0.3, -0.25) is 0 Å². The van der Waals surface area contributed by atoms with Gasteiger partial charge < -0.3 is 10.3 Å². The van der Waals surface area contributed by atoms with Crippen molar-refractivity contribution in [3.8, 4) is 16.9 Å². The Morgan fingerprint density at radius 3 is 2.68 bits per heavy atom. The molecule has 0 atom stereocenters. The van der Waals surface area contributed by atoms with Crippen LogP contribution in [0.2, 0.25) is 0 Å². The lowest BCUT2D eigenvalue weighted by Crippen LogP contribution is -1.98. The number of aromatic nitrogens is 3. The van der Waals surface area contributed by atoms with Gasteiger partial charge in [0, 0.05) is 35.4 Å². The van der Waals surface area contributed by atoms with Gasteiger partial charge in [-0.1, -0.05) is 19.1 Å². The van der Waals surface area contributed by atoms with Gasteiger partial charge in [-0.05, 0) is 12.1 Å². The molecule has 19 heavy (non-hydrogen) atoms. The maximum Gasteiger partial charge on any atom is 0.180 e. The fourth-order valence-electron chi connectivity index (χ4n) is 2.04. The van der Waals surface area contributed by atoms with E-state index in [1.807, 2.05) is 17.8 Å². The summed E-state index contributed by atoms with van der Waals surface area (Å²) in [5.41, 5.74) is 8.77. The molecule has 2 N–H and O–H groups in total. The van der Waals surface area contributed by atoms with Crippen LogP contribution in [0.3, 0.4) is 0 Å². The summed E-state index contributed by atoms with van der Waals surface area (Å²) in [6.45, 7) is 2.10. The molecule has 0 radical (unpaired) electrons. The Bertz CT molecular complexity index is 682. The first-order valence-corrected chi connectivity index (χ1v) is 7.00. The lowest BCUT2D eigenvalue weighted by atomic mass is 10.1. The van der Waals surface area contributed by atoms with Gasteiger partial charge in [0.05, 0.1) is 5.69 Å². The topological polar surface area (TPSA) is 56.7 Å². The van der Waals surface area contributed by atoms with E-state index < -0.39 is 0 Å². The Labute approximate surface area is 115 Å². The molecule has 0 spiro atoms. The van der Waals surface area contributed by atoms with E-state index in [4.69, 9.17) is 5.73 Å². The fourth-order valence-corrected chi connectivity index (χ4v) is 2.62. The average molecular weight is 270 g/mol. The van der Waals surface area contributed by atoms with E-state index in [2.05, 4.69) is 45.7 Å². The molecule has 4 nitrogen and oxygen atoms in total. The van der Waals surface area contributed by atoms with Crippen molar-refractivity contribution in [2.24, 2.45) is 0 Å². The van der Waals surface area contributed by atoms with Crippen molar-refractivity contribution < 1.29 is 0 Å². The van der Waals surface area contributed by atoms with Gasteiger partial charge in [-0.2, -0.15) is 0 Å². The standard InChI is InChI=1S/C14H14N4S/c1-2-13-16-7-8-18(13)11-5-3-10(4-6-11)12-9-19-14(15)17-12/h3-9H,2H2,1H3,(H2,15,17). The van der Waals surface area contributed by atoms with Gasteiger partial charge in [0.15, 0.2) is 5.13 Å². The molecule has 0 saturated carbocycles. The summed E-state index contributed by atoms with van der Waals surface area (Å²) in [7, 11) is 0. The van der Waals surface area contributed by atoms with E-state index in [0.29, 0.717) is 5.13 Å². The smallest absolute Gasteiger partial charge is 0.180 e. The number of anilines is 1. The summed E-state index contributed by atoms with van der Waals surface area (Å²) in [4.78, 5) is 8.61. The van der Waals surface area contributed by atoms with Crippen molar-refractivity contribution in [2.45, 2.75) is 13.3 Å². The molecule has 0 amide bonds. The van der Waals surface area contributed by atoms with Crippen molar-refractivity contribution in [3.05, 3.63) is 47.9 Å². The molecule has 0 aliphatic rings. The fraction of sp³-hybridized carbons (Fsp3) is 0.143. The van der Waals surface area contributed by atoms with Gasteiger partial charge >= 0.3 is 0 Å². The zero-order valence-corrected chi connectivity index (χ0v) is 11.4. The Kier molecular flexibility index (Phi) is 3.05. The SMILES string of the molecule is CCc1nccn1-c1ccc(-c2csc(N)n2)cc1. The third-order valence-corrected chi connectivity index (χ3v) is 3.67. The maximum atomic E-state index is 5.66. The second-order valence-corrected chi connectivity index (χ2v) is 5.07. The molecule has 0 aliphatic heterocycles. The molecule has 3 rings (SSSR count). The van der Waals surface area contributed by atoms with E-state index in [0.717, 1.165) is 29.2 Å². The predicted molar refractivity (Wildman–Crippen MR) is 78.5 cm³/mol. The minimum absolute atomic E-state index is 0.599. The first kappa shape index (κ1) is 11.9. The number of benzene rings is 1. The summed E-state index contributed by atoms with van der Waals surface area (Å²) in [5.74, 6) is 1.06. The first-order chi connectivity index (χ1) is 9.28. The summed E-state index contributed by atoms with van der Waals surface area (Å²) in [5, 5.41) is 2.57. The number of nitrogens with zero attached hydrogens (tertiary/aromatic N) is 3. The molecule has 2 heterocycles. The molecule has 0 unspecified atom stereocenters. The third kappa shape index (κ3) is 2.24. The molecule has 0 bridgehead atoms. The quantitative estimate of drug-likeness (QED) is 0.795. The number of imidazole rings is 1. The molecule has 0 fully saturated rings. The summed E-state index contributed by atoms with van der Waals surface area (Å²) in [6, 6.07) is 8.27. The summed E-state index contributed by atoms with van der Waals surface area (Å²) in [6.07, 6.45) is 4.72. The number of hydrogen-bond acceptors (Lipinski definition) is 4. The number of thiazole rings is 1. The summed E-state index contributed by atoms with van der Waals surface area (Å²) < 4.78 is 2.10. The maximum absolute atomic E-state index is 5.66. The zero-order chi connectivity index (χ0) is 13.2. The lowest BCUT2D eigenvalue weighted by molar-refractivity contribution is 0.891. The highest BCUT2D eigenvalue weighted by Crippen LogP contribution is 2.24. The van der Waals surface area contributed by atoms with Gasteiger partial charge in [-0.25, -0.2) is 9.97 Å². The van der Waals surface area contributed by atoms with Crippen LogP contribution < -0.4 is 5.73 Å². The number of hydrogen-bond donors (Lipinski definition) is 1. The van der Waals surface area contributed by atoms with Crippen LogP contribution in [0.15, 0.2) is 42.0 Å². The minimum Gasteiger partial charge on any atom is -0.375 e. The van der Waals surface area contributed by atoms with Crippen molar-refractivity contribution >= 4 is 16.5 Å². The summed E-state index contributed by atoms with van der Waals surface area (Å²) >= 11 is 1.46. The molecule has 96 valence electrons. The second kappa shape index (κ2) is 4.85. The number of aryl methyl sites for hydroxylation is 1. The highest BCUT2D eigenvalue weighted by molar-refractivity contribution is 7.13. The van der Waals surface area contributed by atoms with Gasteiger partial charge in [-0.15, -0.1) is 11.3 Å². The van der Waals surface area contributed by atoms with Crippen LogP contribution in [0, 0.1) is 0 Å². The number of nitrogen functional groups attached to an aromatic ring is 1. The highest BCUT2D eigenvalue weighted by atomic mass is 32.1. The van der Waals surface area contributed by atoms with E-state index >= 15 is 0 Å². The van der Waals surface area contributed by atoms with Crippen molar-refractivity contribution in [2.75, 3.05) is 5.73 Å². The molecule has 0 saturated heterocycles. The Morgan fingerprint density at radius 2 is 2.05 bits per heavy atom. The van der Waals surface area contributed by atoms with E-state index in [-0.39, 0.29) is 0 Å². The number of rotatable bonds is 3. The number of nitrogens with two attached hydrogens (primary N) is 1. The van der Waals surface area contributed by atoms with Gasteiger partial charge in [0.1, 0.15) is 5.82 Å². The molecule has 5 heteroatoms. The largest absolute Gasteiger partial charge is 0.375 e. The normalized spacial score (nSPS) is 10.8. The molecular formula is C14H14N4S. The molecule has 1 aromatic carbocycles. The zero-order valence-electron chi connectivity index (χ0n) is 10.6. The lowest BCUT2D eigenvalue weighted by Gasteiger charge is -2.07. The van der Waals surface area contributed by atoms with Crippen LogP contribution in [0.25, 0.3) is 16.9 Å². The monoisotopic (exact) mass is 270 g/mol. The van der Waals surface area contributed by atoms with E-state index in [1.54, 1.807) is 0 Å². The van der Waals surface area contributed by atoms with Gasteiger partial charge in [0.25, 0.3) is 0 Å². The predicted octanol–water partition coefficient (Wildman–Crippen LogP) is 3.14. The average Bonchev–Trinajstić information content (AvgIpc) is 3.07. The van der Waals surface area contributed by atoms with Crippen LogP contribution in [0.4, 0.5) is 5.13 Å². The minimum atomic E-state index is 0.599. The van der Waals surface area contributed by atoms with Crippen LogP contribution in [-0.2, 0) is 6.42 Å². The Balaban J connectivity index is 1.95. The first-order valence-electron chi connectivity index (χ1n) is 6.12. The van der Waals surface area contributed by atoms with Crippen LogP contribution in [-0.4, -0.2) is 14.5 Å². The highest BCUT2D eigenvalue weighted by Gasteiger charge is 2.05. The molecular weight excluding hydrogens is 256 g/mol. The second-order valence-electron chi connectivity index (χ2n) is 4.18. The van der Waals surface area contributed by atoms with E-state index in [9.17, 15) is 0 Å². The van der Waals surface area contributed by atoms with Gasteiger partial charge in [0.2, 0.25) is 0 Å². The van der Waals surface area contributed by atoms with E-state index in [1.165, 1.54) is 11.3 Å². The third-order valence-electron chi connectivity index (χ3n) is 3.00. The van der Waals surface area contributed by atoms with Crippen molar-refractivity contribution in [1.82, 2.24) is 14.5 Å². The van der Waals surface area contributed by atoms with Crippen LogP contribution in [0.5, 0.6) is 0 Å². The molecule has 0 aliphatic carbocycles. The van der Waals surface area contributed by atoms with Crippen molar-refractivity contribution in [3.63, 3.8) is 0 Å². The van der Waals surface area contributed by atoms with Crippen LogP contribution in [0.1, 0.15) is 12.7 Å². The Morgan fingerprint density at radius 1 is 1.26 bits per heavy atom. The molecule has 2 aromatic heterocycles. The Hall–Kier alpha value is -2.14. The molecule has 3 aromatic rings. The van der Waals surface area contributed by atoms with Crippen molar-refractivity contribution in [1.29, 1.82) is 0 Å². The van der Waals surface area contributed by atoms with Crippen LogP contribution >= 0.6 is 11.3 Å².